The van der Waals surface area contributed by atoms with E-state index < -0.39 is 0 Å². The van der Waals surface area contributed by atoms with Crippen LogP contribution >= 0.6 is 0 Å². The molecule has 0 N–H and O–H groups in total. The Morgan fingerprint density at radius 1 is 0.842 bits per heavy atom. The fourth-order valence-corrected chi connectivity index (χ4v) is 2.10. The topological polar surface area (TPSA) is 12.9 Å². The fourth-order valence-electron chi connectivity index (χ4n) is 2.10. The number of hydrogen-bond acceptors (Lipinski definition) is 1. The van der Waals surface area contributed by atoms with Gasteiger partial charge in [0.15, 0.2) is 0 Å². The first-order valence-corrected chi connectivity index (χ1v) is 6.42. The molecule has 0 radical (unpaired) electrons. The normalized spacial score (nSPS) is 11.2. The number of aromatic nitrogens is 1. The minimum atomic E-state index is 0.986. The van der Waals surface area contributed by atoms with Crippen molar-refractivity contribution in [3.05, 3.63) is 77.5 Å². The Bertz CT molecular complexity index is 727. The summed E-state index contributed by atoms with van der Waals surface area (Å²) in [5.41, 5.74) is 4.48. The molecule has 0 aliphatic carbocycles. The maximum atomic E-state index is 4.64. The minimum Gasteiger partial charge on any atom is -0.248 e. The summed E-state index contributed by atoms with van der Waals surface area (Å²) in [5.74, 6) is 0. The summed E-state index contributed by atoms with van der Waals surface area (Å²) in [6.45, 7) is 2.10. The number of fused-ring (bicyclic) bond motifs is 1. The van der Waals surface area contributed by atoms with Gasteiger partial charge in [0.05, 0.1) is 11.2 Å². The van der Waals surface area contributed by atoms with Crippen molar-refractivity contribution in [1.29, 1.82) is 0 Å². The van der Waals surface area contributed by atoms with Crippen LogP contribution in [0.4, 0.5) is 0 Å². The molecular weight excluding hydrogens is 230 g/mol. The SMILES string of the molecule is Cc1ccc2nc(/C=C/c3ccccc3)ccc2c1. The average molecular weight is 245 g/mol. The number of nitrogens with zero attached hydrogens (tertiary/aromatic N) is 1. The first kappa shape index (κ1) is 11.7. The predicted octanol–water partition coefficient (Wildman–Crippen LogP) is 4.71. The third-order valence-electron chi connectivity index (χ3n) is 3.11. The highest BCUT2D eigenvalue weighted by Gasteiger charge is 1.96. The van der Waals surface area contributed by atoms with Crippen LogP contribution in [0.2, 0.25) is 0 Å². The van der Waals surface area contributed by atoms with Gasteiger partial charge in [-0.05, 0) is 36.8 Å². The average Bonchev–Trinajstić information content (AvgIpc) is 2.46. The Morgan fingerprint density at radius 3 is 2.53 bits per heavy atom. The van der Waals surface area contributed by atoms with E-state index in [1.54, 1.807) is 0 Å². The highest BCUT2D eigenvalue weighted by molar-refractivity contribution is 5.81. The van der Waals surface area contributed by atoms with Crippen LogP contribution in [-0.2, 0) is 0 Å². The second-order valence-electron chi connectivity index (χ2n) is 4.68. The van der Waals surface area contributed by atoms with Gasteiger partial charge < -0.3 is 0 Å². The van der Waals surface area contributed by atoms with Crippen LogP contribution in [0, 0.1) is 6.92 Å². The van der Waals surface area contributed by atoms with Gasteiger partial charge >= 0.3 is 0 Å². The Balaban J connectivity index is 1.94. The van der Waals surface area contributed by atoms with Gasteiger partial charge in [-0.25, -0.2) is 4.98 Å². The lowest BCUT2D eigenvalue weighted by Gasteiger charge is -2.00. The number of hydrogen-bond donors (Lipinski definition) is 0. The zero-order valence-electron chi connectivity index (χ0n) is 10.9. The molecule has 19 heavy (non-hydrogen) atoms. The van der Waals surface area contributed by atoms with E-state index in [0.717, 1.165) is 11.2 Å². The monoisotopic (exact) mass is 245 g/mol. The summed E-state index contributed by atoms with van der Waals surface area (Å²) in [6.07, 6.45) is 4.14. The third kappa shape index (κ3) is 2.71. The van der Waals surface area contributed by atoms with Gasteiger partial charge in [-0.15, -0.1) is 0 Å². The molecule has 1 aromatic heterocycles. The largest absolute Gasteiger partial charge is 0.248 e. The van der Waals surface area contributed by atoms with E-state index in [2.05, 4.69) is 66.5 Å². The molecule has 0 bridgehead atoms. The van der Waals surface area contributed by atoms with Crippen molar-refractivity contribution in [1.82, 2.24) is 4.98 Å². The van der Waals surface area contributed by atoms with Crippen LogP contribution in [0.1, 0.15) is 16.8 Å². The molecule has 0 aliphatic heterocycles. The van der Waals surface area contributed by atoms with E-state index in [1.165, 1.54) is 16.5 Å². The summed E-state index contributed by atoms with van der Waals surface area (Å²) < 4.78 is 0. The van der Waals surface area contributed by atoms with Crippen LogP contribution in [0.15, 0.2) is 60.7 Å². The standard InChI is InChI=1S/C18H15N/c1-14-7-12-18-16(13-14)9-11-17(19-18)10-8-15-5-3-2-4-6-15/h2-13H,1H3/b10-8+. The molecule has 0 amide bonds. The zero-order valence-corrected chi connectivity index (χ0v) is 10.9. The molecule has 0 fully saturated rings. The predicted molar refractivity (Wildman–Crippen MR) is 81.9 cm³/mol. The van der Waals surface area contributed by atoms with Gasteiger partial charge in [-0.3, -0.25) is 0 Å². The van der Waals surface area contributed by atoms with Crippen LogP contribution in [0.25, 0.3) is 23.1 Å². The lowest BCUT2D eigenvalue weighted by atomic mass is 10.1. The maximum Gasteiger partial charge on any atom is 0.0709 e. The number of rotatable bonds is 2. The Hall–Kier alpha value is -2.41. The van der Waals surface area contributed by atoms with Gasteiger partial charge in [-0.2, -0.15) is 0 Å². The van der Waals surface area contributed by atoms with E-state index in [0.29, 0.717) is 0 Å². The molecule has 1 nitrogen and oxygen atoms in total. The summed E-state index contributed by atoms with van der Waals surface area (Å²) in [4.78, 5) is 4.64. The van der Waals surface area contributed by atoms with Crippen molar-refractivity contribution in [2.24, 2.45) is 0 Å². The maximum absolute atomic E-state index is 4.64. The highest BCUT2D eigenvalue weighted by Crippen LogP contribution is 2.15. The third-order valence-corrected chi connectivity index (χ3v) is 3.11. The van der Waals surface area contributed by atoms with Crippen LogP contribution in [0.5, 0.6) is 0 Å². The fraction of sp³-hybridized carbons (Fsp3) is 0.0556. The van der Waals surface area contributed by atoms with E-state index in [1.807, 2.05) is 18.2 Å². The zero-order chi connectivity index (χ0) is 13.1. The molecule has 0 saturated carbocycles. The number of benzene rings is 2. The van der Waals surface area contributed by atoms with Gasteiger partial charge in [0.2, 0.25) is 0 Å². The van der Waals surface area contributed by atoms with Crippen LogP contribution < -0.4 is 0 Å². The van der Waals surface area contributed by atoms with E-state index >= 15 is 0 Å². The molecule has 0 saturated heterocycles. The molecule has 92 valence electrons. The quantitative estimate of drug-likeness (QED) is 0.637. The molecule has 3 rings (SSSR count). The smallest absolute Gasteiger partial charge is 0.0709 e. The second kappa shape index (κ2) is 5.07. The lowest BCUT2D eigenvalue weighted by Crippen LogP contribution is -1.84. The lowest BCUT2D eigenvalue weighted by molar-refractivity contribution is 1.36. The van der Waals surface area contributed by atoms with Crippen LogP contribution in [0.3, 0.4) is 0 Å². The van der Waals surface area contributed by atoms with Crippen LogP contribution in [-0.4, -0.2) is 4.98 Å². The summed E-state index contributed by atoms with van der Waals surface area (Å²) in [5, 5.41) is 1.19. The summed E-state index contributed by atoms with van der Waals surface area (Å²) >= 11 is 0. The molecule has 1 heterocycles. The molecule has 0 aliphatic rings. The van der Waals surface area contributed by atoms with E-state index in [-0.39, 0.29) is 0 Å². The second-order valence-corrected chi connectivity index (χ2v) is 4.68. The number of pyridine rings is 1. The Morgan fingerprint density at radius 2 is 1.68 bits per heavy atom. The highest BCUT2D eigenvalue weighted by atomic mass is 14.7. The van der Waals surface area contributed by atoms with Gasteiger partial charge in [-0.1, -0.05) is 54.1 Å². The van der Waals surface area contributed by atoms with Crippen molar-refractivity contribution in [2.75, 3.05) is 0 Å². The molecule has 0 spiro atoms. The first-order chi connectivity index (χ1) is 9.31. The van der Waals surface area contributed by atoms with Crippen molar-refractivity contribution >= 4 is 23.1 Å². The van der Waals surface area contributed by atoms with Crippen molar-refractivity contribution in [2.45, 2.75) is 6.92 Å². The van der Waals surface area contributed by atoms with Crippen molar-refractivity contribution < 1.29 is 0 Å². The summed E-state index contributed by atoms with van der Waals surface area (Å²) in [6, 6.07) is 20.8. The minimum absolute atomic E-state index is 0.986. The Kier molecular flexibility index (Phi) is 3.11. The van der Waals surface area contributed by atoms with Crippen molar-refractivity contribution in [3.63, 3.8) is 0 Å². The first-order valence-electron chi connectivity index (χ1n) is 6.42. The molecule has 1 heteroatoms. The van der Waals surface area contributed by atoms with E-state index in [4.69, 9.17) is 0 Å². The van der Waals surface area contributed by atoms with E-state index in [9.17, 15) is 0 Å². The van der Waals surface area contributed by atoms with Gasteiger partial charge in [0, 0.05) is 5.39 Å². The number of aryl methyl sites for hydroxylation is 1. The molecule has 3 aromatic rings. The molecule has 0 atom stereocenters. The summed E-state index contributed by atoms with van der Waals surface area (Å²) in [7, 11) is 0. The molecule has 2 aromatic carbocycles. The molecular formula is C18H15N. The van der Waals surface area contributed by atoms with Gasteiger partial charge in [0.25, 0.3) is 0 Å². The van der Waals surface area contributed by atoms with Crippen molar-refractivity contribution in [3.8, 4) is 0 Å². The molecule has 0 unspecified atom stereocenters. The van der Waals surface area contributed by atoms with Gasteiger partial charge in [0.1, 0.15) is 0 Å². The Labute approximate surface area is 113 Å².